The summed E-state index contributed by atoms with van der Waals surface area (Å²) in [6.07, 6.45) is 0. The van der Waals surface area contributed by atoms with Gasteiger partial charge in [0, 0.05) is 6.54 Å². The van der Waals surface area contributed by atoms with Crippen molar-refractivity contribution in [3.8, 4) is 0 Å². The van der Waals surface area contributed by atoms with Crippen LogP contribution >= 0.6 is 12.2 Å². The average molecular weight is 168 g/mol. The van der Waals surface area contributed by atoms with E-state index in [0.717, 1.165) is 0 Å². The van der Waals surface area contributed by atoms with Gasteiger partial charge in [0.1, 0.15) is 0 Å². The Morgan fingerprint density at radius 1 is 1.70 bits per heavy atom. The normalized spacial score (nSPS) is 8.90. The summed E-state index contributed by atoms with van der Waals surface area (Å²) in [6.45, 7) is 0.101. The number of tetrazole rings is 1. The predicted molar refractivity (Wildman–Crippen MR) is 30.1 cm³/mol. The van der Waals surface area contributed by atoms with Crippen LogP contribution in [0.2, 0.25) is 0 Å². The van der Waals surface area contributed by atoms with E-state index in [0.29, 0.717) is 11.3 Å². The standard InChI is InChI=1S/C3H5N4OS.Na/c8-2-1-7-3(9)4-5-6-7;/h1-2H2,(H,4,6,9);/q-1;+1. The number of H-pyrrole nitrogens is 1. The molecule has 50 valence electrons. The third kappa shape index (κ3) is 2.47. The first-order valence-corrected chi connectivity index (χ1v) is 2.81. The minimum Gasteiger partial charge on any atom is -0.853 e. The van der Waals surface area contributed by atoms with E-state index in [4.69, 9.17) is 0 Å². The smallest absolute Gasteiger partial charge is 0.853 e. The molecular weight excluding hydrogens is 163 g/mol. The maximum Gasteiger partial charge on any atom is 1.00 e. The zero-order chi connectivity index (χ0) is 6.69. The zero-order valence-corrected chi connectivity index (χ0v) is 8.39. The topological polar surface area (TPSA) is 69.6 Å². The molecule has 0 aliphatic carbocycles. The number of nitrogens with zero attached hydrogens (tertiary/aromatic N) is 3. The number of hydrogen-bond acceptors (Lipinski definition) is 4. The summed E-state index contributed by atoms with van der Waals surface area (Å²) < 4.78 is 1.74. The third-order valence-corrected chi connectivity index (χ3v) is 1.15. The van der Waals surface area contributed by atoms with E-state index in [1.165, 1.54) is 4.68 Å². The van der Waals surface area contributed by atoms with Gasteiger partial charge >= 0.3 is 29.6 Å². The Hall–Kier alpha value is 0.250. The molecule has 0 aromatic carbocycles. The Morgan fingerprint density at radius 2 is 2.40 bits per heavy atom. The van der Waals surface area contributed by atoms with Crippen molar-refractivity contribution >= 4 is 12.2 Å². The van der Waals surface area contributed by atoms with Gasteiger partial charge < -0.3 is 5.11 Å². The van der Waals surface area contributed by atoms with E-state index in [9.17, 15) is 5.11 Å². The van der Waals surface area contributed by atoms with Crippen LogP contribution < -0.4 is 34.7 Å². The van der Waals surface area contributed by atoms with E-state index >= 15 is 0 Å². The molecule has 10 heavy (non-hydrogen) atoms. The summed E-state index contributed by atoms with van der Waals surface area (Å²) in [5.41, 5.74) is 0. The van der Waals surface area contributed by atoms with Gasteiger partial charge in [-0.05, 0) is 12.2 Å². The number of aromatic nitrogens is 4. The van der Waals surface area contributed by atoms with Crippen LogP contribution in [0.5, 0.6) is 0 Å². The molecule has 0 amide bonds. The molecule has 1 aromatic rings. The Bertz CT molecular complexity index is 232. The monoisotopic (exact) mass is 168 g/mol. The maximum absolute atomic E-state index is 10.0. The molecule has 0 spiro atoms. The van der Waals surface area contributed by atoms with Crippen LogP contribution in [0.3, 0.4) is 0 Å². The first-order chi connectivity index (χ1) is 4.34. The molecule has 0 bridgehead atoms. The van der Waals surface area contributed by atoms with Crippen molar-refractivity contribution in [2.24, 2.45) is 0 Å². The fraction of sp³-hybridized carbons (Fsp3) is 0.667. The molecule has 0 saturated carbocycles. The largest absolute Gasteiger partial charge is 1.00 e. The van der Waals surface area contributed by atoms with Crippen molar-refractivity contribution in [2.75, 3.05) is 6.61 Å². The van der Waals surface area contributed by atoms with Crippen molar-refractivity contribution < 1.29 is 34.7 Å². The molecule has 0 unspecified atom stereocenters. The van der Waals surface area contributed by atoms with Crippen LogP contribution in [0.25, 0.3) is 0 Å². The average Bonchev–Trinajstić information content (AvgIpc) is 2.18. The summed E-state index contributed by atoms with van der Waals surface area (Å²) in [6, 6.07) is 0. The fourth-order valence-electron chi connectivity index (χ4n) is 0.453. The summed E-state index contributed by atoms with van der Waals surface area (Å²) in [7, 11) is 0. The second-order valence-electron chi connectivity index (χ2n) is 1.44. The first-order valence-electron chi connectivity index (χ1n) is 2.40. The van der Waals surface area contributed by atoms with Crippen LogP contribution in [-0.4, -0.2) is 26.8 Å². The Morgan fingerprint density at radius 3 is 2.80 bits per heavy atom. The second kappa shape index (κ2) is 4.97. The molecule has 0 fully saturated rings. The van der Waals surface area contributed by atoms with Crippen LogP contribution in [0.15, 0.2) is 0 Å². The van der Waals surface area contributed by atoms with E-state index in [2.05, 4.69) is 27.7 Å². The van der Waals surface area contributed by atoms with Gasteiger partial charge in [-0.15, -0.1) is 6.61 Å². The maximum atomic E-state index is 10.0. The van der Waals surface area contributed by atoms with Gasteiger partial charge in [0.15, 0.2) is 0 Å². The minimum absolute atomic E-state index is 0. The molecule has 0 aliphatic heterocycles. The van der Waals surface area contributed by atoms with Crippen molar-refractivity contribution in [3.05, 3.63) is 4.77 Å². The van der Waals surface area contributed by atoms with E-state index in [1.54, 1.807) is 0 Å². The molecule has 0 saturated heterocycles. The summed E-state index contributed by atoms with van der Waals surface area (Å²) in [4.78, 5) is 0. The van der Waals surface area contributed by atoms with Gasteiger partial charge in [0.05, 0.1) is 0 Å². The molecule has 7 heteroatoms. The second-order valence-corrected chi connectivity index (χ2v) is 1.80. The van der Waals surface area contributed by atoms with Gasteiger partial charge in [0.2, 0.25) is 4.77 Å². The third-order valence-electron chi connectivity index (χ3n) is 0.847. The van der Waals surface area contributed by atoms with Crippen LogP contribution in [-0.2, 0) is 6.54 Å². The number of hydrogen-bond donors (Lipinski definition) is 1. The van der Waals surface area contributed by atoms with E-state index in [-0.39, 0.29) is 36.2 Å². The van der Waals surface area contributed by atoms with Gasteiger partial charge in [-0.3, -0.25) is 0 Å². The molecule has 1 N–H and O–H groups in total. The van der Waals surface area contributed by atoms with Gasteiger partial charge in [-0.25, -0.2) is 4.68 Å². The van der Waals surface area contributed by atoms with Crippen LogP contribution in [0.1, 0.15) is 0 Å². The van der Waals surface area contributed by atoms with Crippen LogP contribution in [0.4, 0.5) is 0 Å². The molecule has 0 radical (unpaired) electrons. The zero-order valence-electron chi connectivity index (χ0n) is 5.57. The van der Waals surface area contributed by atoms with Gasteiger partial charge in [-0.1, -0.05) is 10.3 Å². The SMILES string of the molecule is [Na+].[O-]CCn1[nH]nnc1=S. The first kappa shape index (κ1) is 10.2. The number of nitrogens with one attached hydrogen (secondary N) is 1. The number of rotatable bonds is 2. The van der Waals surface area contributed by atoms with Crippen molar-refractivity contribution in [2.45, 2.75) is 6.54 Å². The Kier molecular flexibility index (Phi) is 5.10. The van der Waals surface area contributed by atoms with Crippen molar-refractivity contribution in [1.29, 1.82) is 0 Å². The van der Waals surface area contributed by atoms with Crippen LogP contribution in [0, 0.1) is 4.77 Å². The molecule has 0 aliphatic rings. The van der Waals surface area contributed by atoms with E-state index in [1.807, 2.05) is 0 Å². The fourth-order valence-corrected chi connectivity index (χ4v) is 0.626. The molecular formula is C3H5N4NaOS. The van der Waals surface area contributed by atoms with E-state index < -0.39 is 0 Å². The summed E-state index contributed by atoms with van der Waals surface area (Å²) in [5.74, 6) is 0. The van der Waals surface area contributed by atoms with Crippen molar-refractivity contribution in [1.82, 2.24) is 20.2 Å². The Balaban J connectivity index is 0.000000810. The Labute approximate surface area is 84.7 Å². The van der Waals surface area contributed by atoms with Gasteiger partial charge in [-0.2, -0.15) is 5.21 Å². The molecule has 0 atom stereocenters. The number of aromatic amines is 1. The molecule has 1 aromatic heterocycles. The molecule has 1 heterocycles. The predicted octanol–water partition coefficient (Wildman–Crippen LogP) is -4.30. The quantitative estimate of drug-likeness (QED) is 0.358. The van der Waals surface area contributed by atoms with Crippen molar-refractivity contribution in [3.63, 3.8) is 0 Å². The summed E-state index contributed by atoms with van der Waals surface area (Å²) in [5, 5.41) is 19.3. The minimum atomic E-state index is -0.210. The summed E-state index contributed by atoms with van der Waals surface area (Å²) >= 11 is 4.67. The molecule has 1 rings (SSSR count). The van der Waals surface area contributed by atoms with Gasteiger partial charge in [0.25, 0.3) is 0 Å². The molecule has 5 nitrogen and oxygen atoms in total.